The van der Waals surface area contributed by atoms with E-state index in [1.54, 1.807) is 16.8 Å². The predicted octanol–water partition coefficient (Wildman–Crippen LogP) is 4.68. The molecule has 1 aromatic carbocycles. The molecule has 30 heavy (non-hydrogen) atoms. The van der Waals surface area contributed by atoms with Gasteiger partial charge in [-0.3, -0.25) is 4.79 Å². The van der Waals surface area contributed by atoms with Gasteiger partial charge < -0.3 is 15.0 Å². The average Bonchev–Trinajstić information content (AvgIpc) is 3.03. The monoisotopic (exact) mass is 446 g/mol. The van der Waals surface area contributed by atoms with Crippen molar-refractivity contribution in [2.75, 3.05) is 12.9 Å². The summed E-state index contributed by atoms with van der Waals surface area (Å²) in [6, 6.07) is 5.54. The van der Waals surface area contributed by atoms with Gasteiger partial charge in [0, 0.05) is 26.4 Å². The van der Waals surface area contributed by atoms with Crippen molar-refractivity contribution in [1.29, 1.82) is 0 Å². The molecular weight excluding hydrogens is 419 g/mol. The largest absolute Gasteiger partial charge is 0.366 e. The molecule has 0 spiro atoms. The number of benzene rings is 1. The maximum absolute atomic E-state index is 13.7. The van der Waals surface area contributed by atoms with E-state index in [2.05, 4.69) is 29.6 Å². The summed E-state index contributed by atoms with van der Waals surface area (Å²) >= 11 is 1.40. The minimum absolute atomic E-state index is 0.265. The van der Waals surface area contributed by atoms with Gasteiger partial charge >= 0.3 is 0 Å². The van der Waals surface area contributed by atoms with Crippen molar-refractivity contribution in [3.05, 3.63) is 41.3 Å². The first kappa shape index (κ1) is 22.5. The average molecular weight is 447 g/mol. The Labute approximate surface area is 181 Å². The first-order chi connectivity index (χ1) is 14.1. The van der Waals surface area contributed by atoms with Crippen molar-refractivity contribution in [2.24, 2.45) is 5.73 Å². The van der Waals surface area contributed by atoms with Crippen LogP contribution in [-0.4, -0.2) is 41.4 Å². The van der Waals surface area contributed by atoms with Gasteiger partial charge in [-0.05, 0) is 43.0 Å². The summed E-state index contributed by atoms with van der Waals surface area (Å²) in [5.41, 5.74) is 8.60. The maximum atomic E-state index is 13.7. The Bertz CT molecular complexity index is 1090. The Morgan fingerprint density at radius 2 is 2.03 bits per heavy atom. The molecule has 2 heterocycles. The van der Waals surface area contributed by atoms with Crippen molar-refractivity contribution in [3.63, 3.8) is 0 Å². The summed E-state index contributed by atoms with van der Waals surface area (Å²) in [6.07, 6.45) is 3.55. The Balaban J connectivity index is 2.13. The second-order valence-electron chi connectivity index (χ2n) is 8.44. The number of aryl methyl sites for hydroxylation is 1. The number of hydrogen-bond donors (Lipinski definition) is 1. The number of rotatable bonds is 8. The second kappa shape index (κ2) is 8.87. The minimum atomic E-state index is -1.21. The number of carbonyl (C=O) groups is 1. The molecule has 0 aliphatic carbocycles. The number of ether oxygens (including phenoxy) is 1. The number of primary amides is 1. The van der Waals surface area contributed by atoms with Gasteiger partial charge in [0.2, 0.25) is 0 Å². The van der Waals surface area contributed by atoms with Gasteiger partial charge in [0.1, 0.15) is 18.2 Å². The number of nitrogens with two attached hydrogens (primary N) is 1. The molecule has 0 aliphatic heterocycles. The first-order valence-electron chi connectivity index (χ1n) is 9.69. The van der Waals surface area contributed by atoms with Gasteiger partial charge in [-0.25, -0.2) is 14.4 Å². The third-order valence-corrected chi connectivity index (χ3v) is 7.07. The van der Waals surface area contributed by atoms with Crippen LogP contribution in [0.2, 0.25) is 25.7 Å². The van der Waals surface area contributed by atoms with Crippen LogP contribution in [0.5, 0.6) is 0 Å². The normalized spacial score (nSPS) is 11.9. The first-order valence-corrected chi connectivity index (χ1v) is 14.6. The van der Waals surface area contributed by atoms with Crippen molar-refractivity contribution in [3.8, 4) is 11.3 Å². The minimum Gasteiger partial charge on any atom is -0.366 e. The SMILES string of the molecule is CSc1nc(-c2ccc(F)cc2C)c2c(C(N)=O)cn(COCC[Si](C)(C)C)c2n1. The summed E-state index contributed by atoms with van der Waals surface area (Å²) < 4.78 is 21.3. The number of aromatic nitrogens is 3. The molecule has 0 fully saturated rings. The summed E-state index contributed by atoms with van der Waals surface area (Å²) in [6.45, 7) is 9.60. The standard InChI is InChI=1S/C21H27FN4O2SSi/c1-13-10-14(22)6-7-15(13)18-17-16(19(23)27)11-26(12-28-8-9-30(3,4)5)20(17)25-21(24-18)29-2/h6-7,10-11H,8-9,12H2,1-5H3,(H2,23,27). The highest BCUT2D eigenvalue weighted by Gasteiger charge is 2.22. The number of amides is 1. The van der Waals surface area contributed by atoms with Gasteiger partial charge in [0.25, 0.3) is 5.91 Å². The van der Waals surface area contributed by atoms with Crippen LogP contribution in [0.1, 0.15) is 15.9 Å². The maximum Gasteiger partial charge on any atom is 0.251 e. The molecule has 0 aliphatic rings. The quantitative estimate of drug-likeness (QED) is 0.235. The van der Waals surface area contributed by atoms with Gasteiger partial charge in [-0.1, -0.05) is 31.4 Å². The molecular formula is C21H27FN4O2SSi. The molecule has 0 radical (unpaired) electrons. The molecule has 0 atom stereocenters. The van der Waals surface area contributed by atoms with E-state index in [0.717, 1.165) is 17.2 Å². The Morgan fingerprint density at radius 3 is 2.63 bits per heavy atom. The highest BCUT2D eigenvalue weighted by Crippen LogP contribution is 2.34. The number of hydrogen-bond acceptors (Lipinski definition) is 5. The van der Waals surface area contributed by atoms with Crippen LogP contribution >= 0.6 is 11.8 Å². The lowest BCUT2D eigenvalue weighted by Gasteiger charge is -2.15. The predicted molar refractivity (Wildman–Crippen MR) is 122 cm³/mol. The zero-order valence-electron chi connectivity index (χ0n) is 18.0. The number of fused-ring (bicyclic) bond motifs is 1. The lowest BCUT2D eigenvalue weighted by atomic mass is 10.0. The van der Waals surface area contributed by atoms with E-state index in [4.69, 9.17) is 10.5 Å². The summed E-state index contributed by atoms with van der Waals surface area (Å²) in [4.78, 5) is 21.5. The zero-order chi connectivity index (χ0) is 22.1. The molecule has 0 unspecified atom stereocenters. The smallest absolute Gasteiger partial charge is 0.251 e. The lowest BCUT2D eigenvalue weighted by molar-refractivity contribution is 0.0894. The molecule has 0 saturated heterocycles. The third kappa shape index (κ3) is 4.90. The molecule has 0 saturated carbocycles. The second-order valence-corrected chi connectivity index (χ2v) is 14.8. The Hall–Kier alpha value is -2.23. The van der Waals surface area contributed by atoms with Crippen LogP contribution in [0.4, 0.5) is 4.39 Å². The van der Waals surface area contributed by atoms with Gasteiger partial charge in [-0.2, -0.15) is 0 Å². The van der Waals surface area contributed by atoms with Gasteiger partial charge in [0.15, 0.2) is 5.16 Å². The molecule has 9 heteroatoms. The number of thioether (sulfide) groups is 1. The van der Waals surface area contributed by atoms with Crippen LogP contribution in [0.25, 0.3) is 22.3 Å². The molecule has 2 aromatic heterocycles. The van der Waals surface area contributed by atoms with Crippen LogP contribution in [0.3, 0.4) is 0 Å². The van der Waals surface area contributed by atoms with Crippen molar-refractivity contribution in [1.82, 2.24) is 14.5 Å². The molecule has 160 valence electrons. The summed E-state index contributed by atoms with van der Waals surface area (Å²) in [5, 5.41) is 1.11. The fourth-order valence-corrected chi connectivity index (χ4v) is 4.29. The van der Waals surface area contributed by atoms with E-state index < -0.39 is 14.0 Å². The molecule has 1 amide bonds. The topological polar surface area (TPSA) is 83.0 Å². The Morgan fingerprint density at radius 1 is 1.30 bits per heavy atom. The zero-order valence-corrected chi connectivity index (χ0v) is 19.8. The van der Waals surface area contributed by atoms with E-state index in [-0.39, 0.29) is 12.5 Å². The summed E-state index contributed by atoms with van der Waals surface area (Å²) in [7, 11) is -1.21. The van der Waals surface area contributed by atoms with Crippen LogP contribution in [-0.2, 0) is 11.5 Å². The van der Waals surface area contributed by atoms with Crippen molar-refractivity contribution < 1.29 is 13.9 Å². The van der Waals surface area contributed by atoms with Gasteiger partial charge in [0.05, 0.1) is 16.6 Å². The lowest BCUT2D eigenvalue weighted by Crippen LogP contribution is -2.22. The number of nitrogens with zero attached hydrogens (tertiary/aromatic N) is 3. The highest BCUT2D eigenvalue weighted by atomic mass is 32.2. The fraction of sp³-hybridized carbons (Fsp3) is 0.381. The van der Waals surface area contributed by atoms with Crippen molar-refractivity contribution >= 4 is 36.8 Å². The molecule has 3 aromatic rings. The number of halogens is 1. The Kier molecular flexibility index (Phi) is 6.64. The highest BCUT2D eigenvalue weighted by molar-refractivity contribution is 7.98. The molecule has 6 nitrogen and oxygen atoms in total. The van der Waals surface area contributed by atoms with E-state index in [0.29, 0.717) is 34.1 Å². The third-order valence-electron chi connectivity index (χ3n) is 4.81. The van der Waals surface area contributed by atoms with Crippen LogP contribution in [0, 0.1) is 12.7 Å². The molecule has 0 bridgehead atoms. The van der Waals surface area contributed by atoms with Crippen LogP contribution < -0.4 is 5.73 Å². The van der Waals surface area contributed by atoms with E-state index >= 15 is 0 Å². The van der Waals surface area contributed by atoms with E-state index in [1.165, 1.54) is 23.9 Å². The van der Waals surface area contributed by atoms with E-state index in [9.17, 15) is 9.18 Å². The van der Waals surface area contributed by atoms with E-state index in [1.807, 2.05) is 13.2 Å². The molecule has 3 rings (SSSR count). The fourth-order valence-electron chi connectivity index (χ4n) is 3.17. The van der Waals surface area contributed by atoms with Crippen LogP contribution in [0.15, 0.2) is 29.6 Å². The van der Waals surface area contributed by atoms with Gasteiger partial charge in [-0.15, -0.1) is 0 Å². The van der Waals surface area contributed by atoms with Crippen molar-refractivity contribution in [2.45, 2.75) is 44.5 Å². The molecule has 2 N–H and O–H groups in total. The number of carbonyl (C=O) groups excluding carboxylic acids is 1. The summed E-state index contributed by atoms with van der Waals surface area (Å²) in [5.74, 6) is -0.891.